The molecule has 0 aromatic heterocycles. The standard InChI is InChI=1S/C18H30N2/c1-3-8-17(4-2)19-18-12-14-20(15-18)13-11-16-9-6-5-7-10-16/h5-7,9-10,17-19H,3-4,8,11-15H2,1-2H3. The average Bonchev–Trinajstić information content (AvgIpc) is 2.93. The summed E-state index contributed by atoms with van der Waals surface area (Å²) < 4.78 is 0. The highest BCUT2D eigenvalue weighted by molar-refractivity contribution is 5.14. The van der Waals surface area contributed by atoms with Crippen molar-refractivity contribution in [2.45, 2.75) is 58.0 Å². The van der Waals surface area contributed by atoms with Crippen LogP contribution in [-0.4, -0.2) is 36.6 Å². The fraction of sp³-hybridized carbons (Fsp3) is 0.667. The Balaban J connectivity index is 1.69. The molecule has 0 saturated carbocycles. The largest absolute Gasteiger partial charge is 0.310 e. The number of nitrogens with one attached hydrogen (secondary N) is 1. The van der Waals surface area contributed by atoms with E-state index in [1.54, 1.807) is 0 Å². The Bertz CT molecular complexity index is 363. The van der Waals surface area contributed by atoms with Gasteiger partial charge in [0.25, 0.3) is 0 Å². The van der Waals surface area contributed by atoms with Gasteiger partial charge in [0.1, 0.15) is 0 Å². The van der Waals surface area contributed by atoms with Gasteiger partial charge in [-0.1, -0.05) is 50.6 Å². The minimum Gasteiger partial charge on any atom is -0.310 e. The van der Waals surface area contributed by atoms with Gasteiger partial charge in [-0.05, 0) is 37.8 Å². The summed E-state index contributed by atoms with van der Waals surface area (Å²) in [6.07, 6.45) is 6.36. The Morgan fingerprint density at radius 1 is 1.25 bits per heavy atom. The maximum atomic E-state index is 3.85. The first kappa shape index (κ1) is 15.5. The van der Waals surface area contributed by atoms with Gasteiger partial charge in [-0.15, -0.1) is 0 Å². The first-order chi connectivity index (χ1) is 9.81. The molecule has 1 aliphatic rings. The van der Waals surface area contributed by atoms with E-state index in [0.717, 1.165) is 6.04 Å². The minimum absolute atomic E-state index is 0.710. The molecule has 2 nitrogen and oxygen atoms in total. The molecular weight excluding hydrogens is 244 g/mol. The van der Waals surface area contributed by atoms with Crippen LogP contribution >= 0.6 is 0 Å². The summed E-state index contributed by atoms with van der Waals surface area (Å²) in [7, 11) is 0. The molecule has 0 spiro atoms. The van der Waals surface area contributed by atoms with Crippen LogP contribution in [0, 0.1) is 0 Å². The molecular formula is C18H30N2. The molecule has 0 aliphatic carbocycles. The molecule has 1 aromatic rings. The number of rotatable bonds is 8. The molecule has 2 rings (SSSR count). The minimum atomic E-state index is 0.710. The van der Waals surface area contributed by atoms with E-state index >= 15 is 0 Å². The highest BCUT2D eigenvalue weighted by atomic mass is 15.2. The fourth-order valence-corrected chi connectivity index (χ4v) is 3.19. The number of hydrogen-bond donors (Lipinski definition) is 1. The quantitative estimate of drug-likeness (QED) is 0.781. The third kappa shape index (κ3) is 4.92. The monoisotopic (exact) mass is 274 g/mol. The van der Waals surface area contributed by atoms with Crippen molar-refractivity contribution in [1.82, 2.24) is 10.2 Å². The van der Waals surface area contributed by atoms with Gasteiger partial charge in [0.05, 0.1) is 0 Å². The molecule has 1 fully saturated rings. The molecule has 1 saturated heterocycles. The zero-order valence-electron chi connectivity index (χ0n) is 13.1. The highest BCUT2D eigenvalue weighted by Crippen LogP contribution is 2.13. The smallest absolute Gasteiger partial charge is 0.0209 e. The summed E-state index contributed by atoms with van der Waals surface area (Å²) in [6, 6.07) is 12.3. The Labute approximate surface area is 124 Å². The highest BCUT2D eigenvalue weighted by Gasteiger charge is 2.23. The van der Waals surface area contributed by atoms with Gasteiger partial charge in [-0.2, -0.15) is 0 Å². The van der Waals surface area contributed by atoms with Crippen LogP contribution in [0.2, 0.25) is 0 Å². The summed E-state index contributed by atoms with van der Waals surface area (Å²) in [5.74, 6) is 0. The number of hydrogen-bond acceptors (Lipinski definition) is 2. The van der Waals surface area contributed by atoms with Gasteiger partial charge in [-0.3, -0.25) is 0 Å². The summed E-state index contributed by atoms with van der Waals surface area (Å²) in [5, 5.41) is 3.85. The van der Waals surface area contributed by atoms with Crippen LogP contribution in [0.4, 0.5) is 0 Å². The number of benzene rings is 1. The third-order valence-electron chi connectivity index (χ3n) is 4.43. The predicted molar refractivity (Wildman–Crippen MR) is 87.1 cm³/mol. The van der Waals surface area contributed by atoms with Crippen LogP contribution in [0.15, 0.2) is 30.3 Å². The van der Waals surface area contributed by atoms with Gasteiger partial charge in [0, 0.05) is 25.2 Å². The molecule has 2 unspecified atom stereocenters. The Hall–Kier alpha value is -0.860. The predicted octanol–water partition coefficient (Wildman–Crippen LogP) is 3.47. The van der Waals surface area contributed by atoms with E-state index in [4.69, 9.17) is 0 Å². The zero-order valence-corrected chi connectivity index (χ0v) is 13.1. The second-order valence-corrected chi connectivity index (χ2v) is 6.08. The normalized spacial score (nSPS) is 21.2. The molecule has 2 heteroatoms. The fourth-order valence-electron chi connectivity index (χ4n) is 3.19. The maximum Gasteiger partial charge on any atom is 0.0209 e. The number of likely N-dealkylation sites (tertiary alicyclic amines) is 1. The lowest BCUT2D eigenvalue weighted by Gasteiger charge is -2.22. The Morgan fingerprint density at radius 2 is 2.05 bits per heavy atom. The lowest BCUT2D eigenvalue weighted by atomic mass is 10.1. The van der Waals surface area contributed by atoms with Crippen molar-refractivity contribution in [3.05, 3.63) is 35.9 Å². The molecule has 112 valence electrons. The van der Waals surface area contributed by atoms with Gasteiger partial charge in [0.2, 0.25) is 0 Å². The topological polar surface area (TPSA) is 15.3 Å². The van der Waals surface area contributed by atoms with E-state index in [9.17, 15) is 0 Å². The van der Waals surface area contributed by atoms with E-state index in [1.807, 2.05) is 0 Å². The zero-order chi connectivity index (χ0) is 14.2. The molecule has 20 heavy (non-hydrogen) atoms. The molecule has 1 aromatic carbocycles. The molecule has 1 heterocycles. The van der Waals surface area contributed by atoms with E-state index < -0.39 is 0 Å². The molecule has 0 radical (unpaired) electrons. The second-order valence-electron chi connectivity index (χ2n) is 6.08. The second kappa shape index (κ2) is 8.43. The molecule has 2 atom stereocenters. The first-order valence-corrected chi connectivity index (χ1v) is 8.34. The summed E-state index contributed by atoms with van der Waals surface area (Å²) in [6.45, 7) is 8.27. The van der Waals surface area contributed by atoms with Crippen LogP contribution < -0.4 is 5.32 Å². The Morgan fingerprint density at radius 3 is 2.75 bits per heavy atom. The van der Waals surface area contributed by atoms with Crippen LogP contribution in [0.25, 0.3) is 0 Å². The molecule has 0 bridgehead atoms. The summed E-state index contributed by atoms with van der Waals surface area (Å²) in [5.41, 5.74) is 1.46. The van der Waals surface area contributed by atoms with E-state index in [1.165, 1.54) is 57.3 Å². The van der Waals surface area contributed by atoms with Crippen LogP contribution in [-0.2, 0) is 6.42 Å². The van der Waals surface area contributed by atoms with Gasteiger partial charge < -0.3 is 10.2 Å². The van der Waals surface area contributed by atoms with Crippen LogP contribution in [0.5, 0.6) is 0 Å². The third-order valence-corrected chi connectivity index (χ3v) is 4.43. The van der Waals surface area contributed by atoms with Gasteiger partial charge in [-0.25, -0.2) is 0 Å². The molecule has 1 N–H and O–H groups in total. The van der Waals surface area contributed by atoms with Crippen molar-refractivity contribution in [3.8, 4) is 0 Å². The Kier molecular flexibility index (Phi) is 6.55. The van der Waals surface area contributed by atoms with Crippen molar-refractivity contribution < 1.29 is 0 Å². The van der Waals surface area contributed by atoms with Crippen molar-refractivity contribution >= 4 is 0 Å². The van der Waals surface area contributed by atoms with Crippen molar-refractivity contribution in [3.63, 3.8) is 0 Å². The van der Waals surface area contributed by atoms with E-state index in [2.05, 4.69) is 54.4 Å². The van der Waals surface area contributed by atoms with Crippen molar-refractivity contribution in [2.75, 3.05) is 19.6 Å². The first-order valence-electron chi connectivity index (χ1n) is 8.34. The molecule has 1 aliphatic heterocycles. The average molecular weight is 274 g/mol. The van der Waals surface area contributed by atoms with Gasteiger partial charge >= 0.3 is 0 Å². The van der Waals surface area contributed by atoms with Crippen molar-refractivity contribution in [1.29, 1.82) is 0 Å². The number of nitrogens with zero attached hydrogens (tertiary/aromatic N) is 1. The molecule has 0 amide bonds. The lowest BCUT2D eigenvalue weighted by molar-refractivity contribution is 0.321. The van der Waals surface area contributed by atoms with E-state index in [-0.39, 0.29) is 0 Å². The van der Waals surface area contributed by atoms with Crippen LogP contribution in [0.3, 0.4) is 0 Å². The van der Waals surface area contributed by atoms with Crippen LogP contribution in [0.1, 0.15) is 45.1 Å². The SMILES string of the molecule is CCCC(CC)NC1CCN(CCc2ccccc2)C1. The van der Waals surface area contributed by atoms with Crippen molar-refractivity contribution in [2.24, 2.45) is 0 Å². The van der Waals surface area contributed by atoms with Gasteiger partial charge in [0.15, 0.2) is 0 Å². The summed E-state index contributed by atoms with van der Waals surface area (Å²) in [4.78, 5) is 2.61. The van der Waals surface area contributed by atoms with E-state index in [0.29, 0.717) is 6.04 Å². The summed E-state index contributed by atoms with van der Waals surface area (Å²) >= 11 is 0. The lowest BCUT2D eigenvalue weighted by Crippen LogP contribution is -2.40. The maximum absolute atomic E-state index is 3.85.